The molecule has 0 amide bonds. The Balaban J connectivity index is 1.66. The van der Waals surface area contributed by atoms with E-state index >= 15 is 0 Å². The normalized spacial score (nSPS) is 12.7. The van der Waals surface area contributed by atoms with E-state index in [-0.39, 0.29) is 18.0 Å². The fraction of sp³-hybridized carbons (Fsp3) is 0.174. The number of sulfonamides is 1. The molecule has 0 fully saturated rings. The van der Waals surface area contributed by atoms with Crippen LogP contribution in [0.1, 0.15) is 5.82 Å². The van der Waals surface area contributed by atoms with Crippen molar-refractivity contribution >= 4 is 26.7 Å². The zero-order chi connectivity index (χ0) is 21.1. The van der Waals surface area contributed by atoms with Gasteiger partial charge in [-0.1, -0.05) is 48.5 Å². The topological polar surface area (TPSA) is 75.4 Å². The molecule has 0 aliphatic carbocycles. The number of aliphatic hydroxyl groups excluding tert-OH is 1. The Labute approximate surface area is 176 Å². The molecule has 1 atom stereocenters. The van der Waals surface area contributed by atoms with Crippen LogP contribution in [0.5, 0.6) is 0 Å². The highest BCUT2D eigenvalue weighted by molar-refractivity contribution is 7.92. The summed E-state index contributed by atoms with van der Waals surface area (Å²) >= 11 is 0. The van der Waals surface area contributed by atoms with Crippen molar-refractivity contribution in [2.45, 2.75) is 24.5 Å². The summed E-state index contributed by atoms with van der Waals surface area (Å²) in [5.41, 5.74) is 2.26. The van der Waals surface area contributed by atoms with E-state index in [0.29, 0.717) is 5.69 Å². The Bertz CT molecular complexity index is 1240. The lowest BCUT2D eigenvalue weighted by molar-refractivity contribution is 0.163. The van der Waals surface area contributed by atoms with Crippen molar-refractivity contribution in [2.24, 2.45) is 0 Å². The molecule has 0 spiro atoms. The molecule has 0 aliphatic rings. The van der Waals surface area contributed by atoms with E-state index < -0.39 is 16.1 Å². The van der Waals surface area contributed by atoms with Crippen molar-refractivity contribution in [3.05, 3.63) is 90.8 Å². The number of anilines is 1. The summed E-state index contributed by atoms with van der Waals surface area (Å²) in [5, 5.41) is 10.9. The van der Waals surface area contributed by atoms with Crippen LogP contribution in [0.15, 0.2) is 89.8 Å². The summed E-state index contributed by atoms with van der Waals surface area (Å²) in [5.74, 6) is 0.771. The summed E-state index contributed by atoms with van der Waals surface area (Å²) in [4.78, 5) is 4.71. The van der Waals surface area contributed by atoms with Gasteiger partial charge in [0.2, 0.25) is 0 Å². The molecule has 4 aromatic rings. The van der Waals surface area contributed by atoms with Crippen molar-refractivity contribution in [1.82, 2.24) is 9.55 Å². The molecule has 0 aliphatic heterocycles. The number of aromatic nitrogens is 2. The van der Waals surface area contributed by atoms with Crippen molar-refractivity contribution in [3.8, 4) is 0 Å². The first kappa shape index (κ1) is 20.1. The molecule has 0 unspecified atom stereocenters. The van der Waals surface area contributed by atoms with E-state index in [1.54, 1.807) is 54.6 Å². The van der Waals surface area contributed by atoms with Crippen molar-refractivity contribution in [1.29, 1.82) is 0 Å². The fourth-order valence-corrected chi connectivity index (χ4v) is 5.07. The van der Waals surface area contributed by atoms with Crippen molar-refractivity contribution in [3.63, 3.8) is 0 Å². The third-order valence-electron chi connectivity index (χ3n) is 4.99. The second kappa shape index (κ2) is 8.30. The van der Waals surface area contributed by atoms with E-state index in [1.807, 2.05) is 41.8 Å². The number of fused-ring (bicyclic) bond motifs is 1. The SMILES string of the molecule is Cc1nc2ccccc2n1C[C@H](O)CN(c1ccccc1)S(=O)(=O)c1ccccc1. The number of rotatable bonds is 7. The molecule has 4 rings (SSSR count). The number of benzene rings is 3. The highest BCUT2D eigenvalue weighted by Gasteiger charge is 2.27. The van der Waals surface area contributed by atoms with E-state index in [9.17, 15) is 13.5 Å². The van der Waals surface area contributed by atoms with E-state index in [2.05, 4.69) is 4.98 Å². The molecule has 7 heteroatoms. The van der Waals surface area contributed by atoms with Gasteiger partial charge in [-0.15, -0.1) is 0 Å². The minimum Gasteiger partial charge on any atom is -0.389 e. The largest absolute Gasteiger partial charge is 0.389 e. The lowest BCUT2D eigenvalue weighted by atomic mass is 10.2. The van der Waals surface area contributed by atoms with Gasteiger partial charge in [0.05, 0.1) is 40.8 Å². The Morgan fingerprint density at radius 1 is 0.933 bits per heavy atom. The van der Waals surface area contributed by atoms with Gasteiger partial charge in [-0.25, -0.2) is 13.4 Å². The predicted octanol–water partition coefficient (Wildman–Crippen LogP) is 3.60. The smallest absolute Gasteiger partial charge is 0.264 e. The van der Waals surface area contributed by atoms with Crippen LogP contribution in [0.3, 0.4) is 0 Å². The first-order valence-corrected chi connectivity index (χ1v) is 11.1. The van der Waals surface area contributed by atoms with Crippen LogP contribution in [-0.4, -0.2) is 35.7 Å². The molecular formula is C23H23N3O3S. The summed E-state index contributed by atoms with van der Waals surface area (Å²) < 4.78 is 29.9. The molecule has 3 aromatic carbocycles. The van der Waals surface area contributed by atoms with Crippen LogP contribution < -0.4 is 4.31 Å². The first-order valence-electron chi connectivity index (χ1n) is 9.69. The summed E-state index contributed by atoms with van der Waals surface area (Å²) in [6.07, 6.45) is -0.931. The quantitative estimate of drug-likeness (QED) is 0.495. The van der Waals surface area contributed by atoms with Crippen LogP contribution in [0.2, 0.25) is 0 Å². The zero-order valence-electron chi connectivity index (χ0n) is 16.6. The Kier molecular flexibility index (Phi) is 5.57. The van der Waals surface area contributed by atoms with E-state index in [4.69, 9.17) is 0 Å². The number of nitrogens with zero attached hydrogens (tertiary/aromatic N) is 3. The van der Waals surface area contributed by atoms with Gasteiger partial charge in [0.25, 0.3) is 10.0 Å². The highest BCUT2D eigenvalue weighted by Crippen LogP contribution is 2.24. The third-order valence-corrected chi connectivity index (χ3v) is 6.80. The fourth-order valence-electron chi connectivity index (χ4n) is 3.54. The lowest BCUT2D eigenvalue weighted by Gasteiger charge is -2.27. The monoisotopic (exact) mass is 421 g/mol. The van der Waals surface area contributed by atoms with Gasteiger partial charge >= 0.3 is 0 Å². The number of aliphatic hydroxyl groups is 1. The number of para-hydroxylation sites is 3. The van der Waals surface area contributed by atoms with Gasteiger partial charge in [0.1, 0.15) is 5.82 Å². The average Bonchev–Trinajstić information content (AvgIpc) is 3.08. The van der Waals surface area contributed by atoms with Crippen LogP contribution in [-0.2, 0) is 16.6 Å². The second-order valence-electron chi connectivity index (χ2n) is 7.10. The molecule has 0 saturated carbocycles. The maximum atomic E-state index is 13.3. The maximum absolute atomic E-state index is 13.3. The summed E-state index contributed by atoms with van der Waals surface area (Å²) in [7, 11) is -3.83. The van der Waals surface area contributed by atoms with Gasteiger partial charge in [0, 0.05) is 0 Å². The number of hydrogen-bond acceptors (Lipinski definition) is 4. The zero-order valence-corrected chi connectivity index (χ0v) is 17.4. The van der Waals surface area contributed by atoms with Gasteiger partial charge in [-0.3, -0.25) is 4.31 Å². The molecule has 6 nitrogen and oxygen atoms in total. The lowest BCUT2D eigenvalue weighted by Crippen LogP contribution is -2.39. The highest BCUT2D eigenvalue weighted by atomic mass is 32.2. The summed E-state index contributed by atoms with van der Waals surface area (Å²) in [6.45, 7) is 2.04. The molecular weight excluding hydrogens is 398 g/mol. The van der Waals surface area contributed by atoms with Crippen LogP contribution in [0, 0.1) is 6.92 Å². The van der Waals surface area contributed by atoms with E-state index in [0.717, 1.165) is 16.9 Å². The number of hydrogen-bond donors (Lipinski definition) is 1. The number of aryl methyl sites for hydroxylation is 1. The van der Waals surface area contributed by atoms with Crippen molar-refractivity contribution in [2.75, 3.05) is 10.8 Å². The van der Waals surface area contributed by atoms with E-state index in [1.165, 1.54) is 4.31 Å². The summed E-state index contributed by atoms with van der Waals surface area (Å²) in [6, 6.07) is 24.8. The average molecular weight is 422 g/mol. The van der Waals surface area contributed by atoms with Crippen molar-refractivity contribution < 1.29 is 13.5 Å². The minimum absolute atomic E-state index is 0.0762. The van der Waals surface area contributed by atoms with Gasteiger partial charge in [0.15, 0.2) is 0 Å². The minimum atomic E-state index is -3.83. The maximum Gasteiger partial charge on any atom is 0.264 e. The van der Waals surface area contributed by atoms with Gasteiger partial charge in [-0.05, 0) is 43.3 Å². The van der Waals surface area contributed by atoms with Crippen LogP contribution in [0.4, 0.5) is 5.69 Å². The van der Waals surface area contributed by atoms with Crippen LogP contribution >= 0.6 is 0 Å². The molecule has 0 saturated heterocycles. The second-order valence-corrected chi connectivity index (χ2v) is 8.96. The molecule has 1 heterocycles. The predicted molar refractivity (Wildman–Crippen MR) is 118 cm³/mol. The van der Waals surface area contributed by atoms with Crippen LogP contribution in [0.25, 0.3) is 11.0 Å². The number of imidazole rings is 1. The van der Waals surface area contributed by atoms with Gasteiger partial charge < -0.3 is 9.67 Å². The molecule has 30 heavy (non-hydrogen) atoms. The first-order chi connectivity index (χ1) is 14.5. The molecule has 0 bridgehead atoms. The molecule has 1 aromatic heterocycles. The Morgan fingerprint density at radius 2 is 1.53 bits per heavy atom. The molecule has 154 valence electrons. The Hall–Kier alpha value is -3.16. The van der Waals surface area contributed by atoms with Gasteiger partial charge in [-0.2, -0.15) is 0 Å². The standard InChI is InChI=1S/C23H23N3O3S/c1-18-24-22-14-8-9-15-23(22)25(18)16-20(27)17-26(19-10-4-2-5-11-19)30(28,29)21-12-6-3-7-13-21/h2-15,20,27H,16-17H2,1H3/t20-/m0/s1. The third kappa shape index (κ3) is 3.94. The Morgan fingerprint density at radius 3 is 2.23 bits per heavy atom. The molecule has 0 radical (unpaired) electrons. The molecule has 1 N–H and O–H groups in total.